The van der Waals surface area contributed by atoms with E-state index in [2.05, 4.69) is 31.1 Å². The third-order valence-corrected chi connectivity index (χ3v) is 3.59. The summed E-state index contributed by atoms with van der Waals surface area (Å²) in [5.41, 5.74) is 2.37. The van der Waals surface area contributed by atoms with E-state index in [1.165, 1.54) is 0 Å². The van der Waals surface area contributed by atoms with Crippen LogP contribution in [-0.4, -0.2) is 17.5 Å². The Morgan fingerprint density at radius 3 is 2.52 bits per heavy atom. The fourth-order valence-corrected chi connectivity index (χ4v) is 2.40. The van der Waals surface area contributed by atoms with E-state index in [4.69, 9.17) is 0 Å². The molecule has 1 aliphatic carbocycles. The average Bonchev–Trinajstić information content (AvgIpc) is 2.36. The van der Waals surface area contributed by atoms with Crippen molar-refractivity contribution in [1.82, 2.24) is 5.32 Å². The van der Waals surface area contributed by atoms with Gasteiger partial charge in [-0.15, -0.1) is 0 Å². The molecule has 2 amide bonds. The molecule has 1 unspecified atom stereocenters. The Morgan fingerprint density at radius 1 is 1.29 bits per heavy atom. The summed E-state index contributed by atoms with van der Waals surface area (Å²) in [6.07, 6.45) is 7.32. The maximum atomic E-state index is 11.9. The molecule has 1 N–H and O–H groups in total. The van der Waals surface area contributed by atoms with Gasteiger partial charge in [0.25, 0.3) is 0 Å². The lowest BCUT2D eigenvalue weighted by molar-refractivity contribution is -0.120. The van der Waals surface area contributed by atoms with Gasteiger partial charge in [-0.2, -0.15) is 0 Å². The zero-order valence-corrected chi connectivity index (χ0v) is 13.2. The largest absolute Gasteiger partial charge is 0.325 e. The number of carbonyl (C=O) groups excluding carboxylic acids is 2. The second kappa shape index (κ2) is 5.43. The van der Waals surface area contributed by atoms with Gasteiger partial charge in [0.15, 0.2) is 0 Å². The van der Waals surface area contributed by atoms with Gasteiger partial charge in [0.1, 0.15) is 0 Å². The van der Waals surface area contributed by atoms with Crippen LogP contribution in [0.2, 0.25) is 0 Å². The van der Waals surface area contributed by atoms with Crippen LogP contribution >= 0.6 is 0 Å². The highest BCUT2D eigenvalue weighted by Crippen LogP contribution is 2.38. The molecule has 2 rings (SSSR count). The Balaban J connectivity index is 2.36. The quantitative estimate of drug-likeness (QED) is 0.805. The van der Waals surface area contributed by atoms with Gasteiger partial charge in [-0.05, 0) is 23.1 Å². The third-order valence-electron chi connectivity index (χ3n) is 3.59. The van der Waals surface area contributed by atoms with Gasteiger partial charge in [0.2, 0.25) is 11.8 Å². The fraction of sp³-hybridized carbons (Fsp3) is 0.471. The first kappa shape index (κ1) is 15.4. The van der Waals surface area contributed by atoms with Crippen molar-refractivity contribution in [2.75, 3.05) is 0 Å². The molecule has 0 aromatic heterocycles. The minimum absolute atomic E-state index is 0.0517. The number of rotatable bonds is 1. The van der Waals surface area contributed by atoms with Crippen LogP contribution in [0.4, 0.5) is 0 Å². The van der Waals surface area contributed by atoms with E-state index in [0.717, 1.165) is 11.3 Å². The number of carbonyl (C=O) groups is 2. The van der Waals surface area contributed by atoms with E-state index in [1.807, 2.05) is 26.0 Å². The Labute approximate surface area is 125 Å². The van der Waals surface area contributed by atoms with E-state index in [0.29, 0.717) is 5.71 Å². The first-order valence-electron chi connectivity index (χ1n) is 7.24. The van der Waals surface area contributed by atoms with Gasteiger partial charge >= 0.3 is 0 Å². The van der Waals surface area contributed by atoms with Crippen molar-refractivity contribution in [2.24, 2.45) is 22.2 Å². The number of hydrogen-bond donors (Lipinski definition) is 1. The molecule has 21 heavy (non-hydrogen) atoms. The van der Waals surface area contributed by atoms with Gasteiger partial charge < -0.3 is 5.32 Å². The molecule has 4 heteroatoms. The molecule has 0 aromatic rings. The predicted molar refractivity (Wildman–Crippen MR) is 83.7 cm³/mol. The molecule has 112 valence electrons. The zero-order valence-electron chi connectivity index (χ0n) is 13.2. The highest BCUT2D eigenvalue weighted by molar-refractivity contribution is 6.11. The van der Waals surface area contributed by atoms with Crippen molar-refractivity contribution >= 4 is 17.5 Å². The molecular formula is C17H22N2O2. The molecule has 0 radical (unpaired) electrons. The minimum Gasteiger partial charge on any atom is -0.325 e. The summed E-state index contributed by atoms with van der Waals surface area (Å²) >= 11 is 0. The van der Waals surface area contributed by atoms with Crippen LogP contribution in [0.5, 0.6) is 0 Å². The number of amides is 2. The highest BCUT2D eigenvalue weighted by Gasteiger charge is 2.32. The molecule has 1 heterocycles. The fourth-order valence-electron chi connectivity index (χ4n) is 2.40. The molecule has 0 fully saturated rings. The Bertz CT molecular complexity index is 599. The molecule has 0 saturated carbocycles. The number of nitrogens with one attached hydrogen (secondary N) is 1. The third kappa shape index (κ3) is 3.38. The lowest BCUT2D eigenvalue weighted by Crippen LogP contribution is -2.36. The molecule has 0 spiro atoms. The molecule has 0 bridgehead atoms. The van der Waals surface area contributed by atoms with Gasteiger partial charge in [-0.1, -0.05) is 40.7 Å². The standard InChI is InChI=1S/C17H22N2O2/c1-10(2)16(21)18-11-6-7-12-13(17(3,4)5)9-15(20)19-14(12)8-11/h6-10,12H,1-5H3,(H,19,20). The zero-order chi connectivity index (χ0) is 15.8. The smallest absolute Gasteiger partial charge is 0.248 e. The van der Waals surface area contributed by atoms with Crippen molar-refractivity contribution in [3.63, 3.8) is 0 Å². The van der Waals surface area contributed by atoms with Crippen molar-refractivity contribution in [2.45, 2.75) is 34.6 Å². The van der Waals surface area contributed by atoms with Crippen molar-refractivity contribution in [3.05, 3.63) is 35.6 Å². The summed E-state index contributed by atoms with van der Waals surface area (Å²) in [7, 11) is 0. The SMILES string of the molecule is CC(C)C(=O)N=C1C=CC2C(=C1)NC(=O)C=C2C(C)(C)C. The van der Waals surface area contributed by atoms with Crippen LogP contribution in [-0.2, 0) is 9.59 Å². The number of nitrogens with zero attached hydrogens (tertiary/aromatic N) is 1. The topological polar surface area (TPSA) is 58.5 Å². The van der Waals surface area contributed by atoms with E-state index < -0.39 is 0 Å². The lowest BCUT2D eigenvalue weighted by Gasteiger charge is -2.34. The summed E-state index contributed by atoms with van der Waals surface area (Å²) in [4.78, 5) is 27.6. The second-order valence-electron chi connectivity index (χ2n) is 6.81. The number of hydrogen-bond acceptors (Lipinski definition) is 2. The van der Waals surface area contributed by atoms with E-state index in [-0.39, 0.29) is 29.1 Å². The van der Waals surface area contributed by atoms with Crippen LogP contribution in [0.1, 0.15) is 34.6 Å². The van der Waals surface area contributed by atoms with Crippen molar-refractivity contribution < 1.29 is 9.59 Å². The Morgan fingerprint density at radius 2 is 1.95 bits per heavy atom. The van der Waals surface area contributed by atoms with Crippen LogP contribution in [0, 0.1) is 17.3 Å². The summed E-state index contributed by atoms with van der Waals surface area (Å²) in [5, 5.41) is 2.86. The average molecular weight is 286 g/mol. The summed E-state index contributed by atoms with van der Waals surface area (Å²) in [6.45, 7) is 9.91. The van der Waals surface area contributed by atoms with Gasteiger partial charge in [0.05, 0.1) is 5.71 Å². The number of aliphatic imine (C=N–C) groups is 1. The minimum atomic E-state index is -0.154. The first-order valence-corrected chi connectivity index (χ1v) is 7.24. The Hall–Kier alpha value is -1.97. The predicted octanol–water partition coefficient (Wildman–Crippen LogP) is 2.78. The maximum absolute atomic E-state index is 11.9. The molecule has 0 saturated heterocycles. The first-order chi connectivity index (χ1) is 9.68. The molecular weight excluding hydrogens is 264 g/mol. The molecule has 4 nitrogen and oxygen atoms in total. The second-order valence-corrected chi connectivity index (χ2v) is 6.81. The number of allylic oxidation sites excluding steroid dienone is 3. The number of fused-ring (bicyclic) bond motifs is 1. The van der Waals surface area contributed by atoms with Gasteiger partial charge in [0, 0.05) is 23.6 Å². The molecule has 1 atom stereocenters. The maximum Gasteiger partial charge on any atom is 0.248 e. The van der Waals surface area contributed by atoms with Crippen LogP contribution in [0.15, 0.2) is 40.6 Å². The van der Waals surface area contributed by atoms with Crippen molar-refractivity contribution in [1.29, 1.82) is 0 Å². The normalized spacial score (nSPS) is 23.6. The Kier molecular flexibility index (Phi) is 3.99. The van der Waals surface area contributed by atoms with Crippen LogP contribution in [0.3, 0.4) is 0 Å². The summed E-state index contributed by atoms with van der Waals surface area (Å²) in [6, 6.07) is 0. The monoisotopic (exact) mass is 286 g/mol. The summed E-state index contributed by atoms with van der Waals surface area (Å²) in [5.74, 6) is -0.352. The highest BCUT2D eigenvalue weighted by atomic mass is 16.2. The van der Waals surface area contributed by atoms with Crippen LogP contribution in [0.25, 0.3) is 0 Å². The van der Waals surface area contributed by atoms with Crippen LogP contribution < -0.4 is 5.32 Å². The van der Waals surface area contributed by atoms with Gasteiger partial charge in [-0.25, -0.2) is 4.99 Å². The molecule has 2 aliphatic rings. The lowest BCUT2D eigenvalue weighted by atomic mass is 9.74. The molecule has 1 aliphatic heterocycles. The van der Waals surface area contributed by atoms with E-state index in [1.54, 1.807) is 12.2 Å². The van der Waals surface area contributed by atoms with Gasteiger partial charge in [-0.3, -0.25) is 9.59 Å². The van der Waals surface area contributed by atoms with E-state index in [9.17, 15) is 9.59 Å². The van der Waals surface area contributed by atoms with E-state index >= 15 is 0 Å². The summed E-state index contributed by atoms with van der Waals surface area (Å²) < 4.78 is 0. The van der Waals surface area contributed by atoms with Crippen molar-refractivity contribution in [3.8, 4) is 0 Å². The molecule has 0 aromatic carbocycles.